The normalized spacial score (nSPS) is 31.8. The number of benzene rings is 1. The minimum Gasteiger partial charge on any atom is -0.462 e. The molecule has 2 N–H and O–H groups in total. The molecule has 238 valence electrons. The molecule has 1 aromatic carbocycles. The zero-order chi connectivity index (χ0) is 32.1. The van der Waals surface area contributed by atoms with Crippen molar-refractivity contribution in [2.45, 2.75) is 52.7 Å². The number of cyclic esters (lactones) is 1. The number of aliphatic hydroxyl groups excluding tert-OH is 2. The standard InChI is InChI=1S/C35H42N4O6/c1-6-44-32(43)30(21-7-10-23(11-8-21)38(4)5)27-17-22(31(42)45-27)9-12-25-24-19-39-16-15-36-33(39)37-26(24)18-28-34(25,2)14-13-29(41)35(28,3)20-40/h7-12,15-17,24-25,28-29,40-41H,6,13-14,18-20H2,1-5H3/t24?,25?,28?,29-,34-,35+/m1/s1. The van der Waals surface area contributed by atoms with Gasteiger partial charge in [-0.1, -0.05) is 38.1 Å². The Morgan fingerprint density at radius 1 is 1.24 bits per heavy atom. The number of hydrogen-bond donors (Lipinski definition) is 2. The molecule has 2 aromatic rings. The second-order valence-corrected chi connectivity index (χ2v) is 13.3. The third-order valence-corrected chi connectivity index (χ3v) is 10.6. The molecule has 0 bridgehead atoms. The van der Waals surface area contributed by atoms with Crippen LogP contribution in [0.4, 0.5) is 11.6 Å². The first-order chi connectivity index (χ1) is 21.5. The fourth-order valence-electron chi connectivity index (χ4n) is 7.97. The molecule has 6 rings (SSSR count). The Morgan fingerprint density at radius 2 is 2.00 bits per heavy atom. The van der Waals surface area contributed by atoms with Gasteiger partial charge < -0.3 is 29.2 Å². The number of imidazole rings is 1. The summed E-state index contributed by atoms with van der Waals surface area (Å²) in [5, 5.41) is 21.6. The van der Waals surface area contributed by atoms with Crippen LogP contribution in [0.15, 0.2) is 71.2 Å². The van der Waals surface area contributed by atoms with Crippen molar-refractivity contribution in [3.8, 4) is 0 Å². The van der Waals surface area contributed by atoms with E-state index < -0.39 is 23.5 Å². The van der Waals surface area contributed by atoms with Crippen molar-refractivity contribution in [1.29, 1.82) is 0 Å². The highest BCUT2D eigenvalue weighted by atomic mass is 16.6. The number of aromatic nitrogens is 2. The Kier molecular flexibility index (Phi) is 8.07. The van der Waals surface area contributed by atoms with E-state index in [1.54, 1.807) is 25.3 Å². The monoisotopic (exact) mass is 614 g/mol. The molecule has 45 heavy (non-hydrogen) atoms. The van der Waals surface area contributed by atoms with Crippen molar-refractivity contribution in [1.82, 2.24) is 9.55 Å². The molecule has 2 fully saturated rings. The number of esters is 2. The van der Waals surface area contributed by atoms with Crippen molar-refractivity contribution in [3.05, 3.63) is 71.8 Å². The molecule has 0 amide bonds. The van der Waals surface area contributed by atoms with E-state index >= 15 is 0 Å². The van der Waals surface area contributed by atoms with E-state index in [1.807, 2.05) is 56.4 Å². The van der Waals surface area contributed by atoms with Gasteiger partial charge in [-0.3, -0.25) is 0 Å². The van der Waals surface area contributed by atoms with Gasteiger partial charge in [-0.05, 0) is 67.2 Å². The van der Waals surface area contributed by atoms with Crippen molar-refractivity contribution in [2.75, 3.05) is 32.2 Å². The van der Waals surface area contributed by atoms with E-state index in [0.717, 1.165) is 17.8 Å². The van der Waals surface area contributed by atoms with Gasteiger partial charge in [0.15, 0.2) is 0 Å². The second-order valence-electron chi connectivity index (χ2n) is 13.3. The summed E-state index contributed by atoms with van der Waals surface area (Å²) in [5.74, 6) is -0.319. The topological polar surface area (TPSA) is 126 Å². The summed E-state index contributed by atoms with van der Waals surface area (Å²) < 4.78 is 13.1. The summed E-state index contributed by atoms with van der Waals surface area (Å²) in [6, 6.07) is 7.42. The highest BCUT2D eigenvalue weighted by molar-refractivity contribution is 6.19. The number of ether oxygens (including phenoxy) is 2. The van der Waals surface area contributed by atoms with Crippen LogP contribution in [-0.4, -0.2) is 70.8 Å². The summed E-state index contributed by atoms with van der Waals surface area (Å²) >= 11 is 0. The zero-order valence-electron chi connectivity index (χ0n) is 26.6. The lowest BCUT2D eigenvalue weighted by Crippen LogP contribution is -2.60. The van der Waals surface area contributed by atoms with Gasteiger partial charge in [0.2, 0.25) is 5.95 Å². The number of carbonyl (C=O) groups excluding carboxylic acids is 2. The van der Waals surface area contributed by atoms with E-state index in [-0.39, 0.29) is 47.7 Å². The number of fused-ring (bicyclic) bond motifs is 3. The molecule has 1 aromatic heterocycles. The maximum Gasteiger partial charge on any atom is 0.343 e. The maximum atomic E-state index is 13.2. The summed E-state index contributed by atoms with van der Waals surface area (Å²) in [7, 11) is 3.87. The first-order valence-electron chi connectivity index (χ1n) is 15.7. The van der Waals surface area contributed by atoms with Gasteiger partial charge in [-0.25, -0.2) is 19.6 Å². The number of nitrogens with zero attached hydrogens (tertiary/aromatic N) is 4. The van der Waals surface area contributed by atoms with Crippen molar-refractivity contribution >= 4 is 34.9 Å². The Morgan fingerprint density at radius 3 is 2.69 bits per heavy atom. The molecular weight excluding hydrogens is 572 g/mol. The molecule has 0 radical (unpaired) electrons. The Bertz CT molecular complexity index is 1620. The predicted octanol–water partition coefficient (Wildman–Crippen LogP) is 4.46. The van der Waals surface area contributed by atoms with Crippen molar-refractivity contribution < 1.29 is 29.3 Å². The van der Waals surface area contributed by atoms with E-state index in [0.29, 0.717) is 36.5 Å². The number of hydrogen-bond acceptors (Lipinski definition) is 9. The van der Waals surface area contributed by atoms with Crippen LogP contribution in [0.2, 0.25) is 0 Å². The predicted molar refractivity (Wildman–Crippen MR) is 171 cm³/mol. The number of aliphatic imine (C=N–C) groups is 1. The van der Waals surface area contributed by atoms with Crippen LogP contribution in [0.1, 0.15) is 45.6 Å². The molecule has 6 atom stereocenters. The Hall–Kier alpha value is -4.02. The maximum absolute atomic E-state index is 13.2. The molecular formula is C35H42N4O6. The van der Waals surface area contributed by atoms with E-state index in [4.69, 9.17) is 14.5 Å². The minimum absolute atomic E-state index is 0.0366. The highest BCUT2D eigenvalue weighted by Gasteiger charge is 2.60. The average molecular weight is 615 g/mol. The summed E-state index contributed by atoms with van der Waals surface area (Å²) in [6.07, 6.45) is 10.6. The molecule has 10 nitrogen and oxygen atoms in total. The number of carbonyl (C=O) groups is 2. The Balaban J connectivity index is 1.40. The fourth-order valence-corrected chi connectivity index (χ4v) is 7.97. The first kappa shape index (κ1) is 31.0. The number of allylic oxidation sites excluding steroid dienone is 2. The molecule has 10 heteroatoms. The number of rotatable bonds is 7. The molecule has 0 saturated heterocycles. The summed E-state index contributed by atoms with van der Waals surface area (Å²) in [6.45, 7) is 6.71. The minimum atomic E-state index is -0.697. The van der Waals surface area contributed by atoms with Gasteiger partial charge in [0, 0.05) is 55.8 Å². The number of anilines is 1. The van der Waals surface area contributed by atoms with Gasteiger partial charge in [0.25, 0.3) is 0 Å². The van der Waals surface area contributed by atoms with E-state index in [2.05, 4.69) is 22.6 Å². The smallest absolute Gasteiger partial charge is 0.343 e. The highest BCUT2D eigenvalue weighted by Crippen LogP contribution is 2.61. The van der Waals surface area contributed by atoms with Gasteiger partial charge in [0.1, 0.15) is 11.3 Å². The third kappa shape index (κ3) is 5.23. The molecule has 0 spiro atoms. The van der Waals surface area contributed by atoms with Crippen LogP contribution in [-0.2, 0) is 25.6 Å². The van der Waals surface area contributed by atoms with Gasteiger partial charge in [-0.2, -0.15) is 0 Å². The summed E-state index contributed by atoms with van der Waals surface area (Å²) in [4.78, 5) is 37.7. The van der Waals surface area contributed by atoms with Crippen LogP contribution in [0.5, 0.6) is 0 Å². The second kappa shape index (κ2) is 11.7. The average Bonchev–Trinajstić information content (AvgIpc) is 3.63. The van der Waals surface area contributed by atoms with Gasteiger partial charge >= 0.3 is 11.9 Å². The zero-order valence-corrected chi connectivity index (χ0v) is 26.6. The van der Waals surface area contributed by atoms with Crippen LogP contribution in [0.25, 0.3) is 5.57 Å². The molecule has 2 aliphatic carbocycles. The molecule has 4 aliphatic rings. The molecule has 3 heterocycles. The van der Waals surface area contributed by atoms with E-state index in [1.165, 1.54) is 0 Å². The van der Waals surface area contributed by atoms with Gasteiger partial charge in [0.05, 0.1) is 24.9 Å². The van der Waals surface area contributed by atoms with Crippen LogP contribution in [0.3, 0.4) is 0 Å². The molecule has 2 saturated carbocycles. The van der Waals surface area contributed by atoms with Crippen LogP contribution in [0, 0.1) is 28.6 Å². The molecule has 2 aliphatic heterocycles. The number of aliphatic hydroxyl groups is 2. The quantitative estimate of drug-likeness (QED) is 0.346. The largest absolute Gasteiger partial charge is 0.462 e. The van der Waals surface area contributed by atoms with Crippen LogP contribution >= 0.6 is 0 Å². The summed E-state index contributed by atoms with van der Waals surface area (Å²) in [5.41, 5.74) is 2.12. The lowest BCUT2D eigenvalue weighted by Gasteiger charge is -2.61. The fraction of sp³-hybridized carbons (Fsp3) is 0.486. The molecule has 3 unspecified atom stereocenters. The van der Waals surface area contributed by atoms with Crippen molar-refractivity contribution in [3.63, 3.8) is 0 Å². The van der Waals surface area contributed by atoms with Crippen molar-refractivity contribution in [2.24, 2.45) is 33.6 Å². The van der Waals surface area contributed by atoms with E-state index in [9.17, 15) is 19.8 Å². The third-order valence-electron chi connectivity index (χ3n) is 10.6. The van der Waals surface area contributed by atoms with Gasteiger partial charge in [-0.15, -0.1) is 0 Å². The first-order valence-corrected chi connectivity index (χ1v) is 15.7. The van der Waals surface area contributed by atoms with Crippen LogP contribution < -0.4 is 4.90 Å². The lowest BCUT2D eigenvalue weighted by molar-refractivity contribution is -0.147. The Labute approximate surface area is 263 Å². The lowest BCUT2D eigenvalue weighted by atomic mass is 9.45. The SMILES string of the molecule is CCOC(=O)C(=C1C=C(C=CC2C3Cn4ccnc4N=C3CC3[C@]2(C)CC[C@@H](O)[C@@]3(C)CO)C(=O)O1)c1ccc(N(C)C)cc1.